The molecule has 1 atom stereocenters. The van der Waals surface area contributed by atoms with Crippen LogP contribution in [0, 0.1) is 5.82 Å². The summed E-state index contributed by atoms with van der Waals surface area (Å²) in [6, 6.07) is 4.28. The first-order valence-electron chi connectivity index (χ1n) is 4.97. The van der Waals surface area contributed by atoms with Crippen molar-refractivity contribution in [2.45, 2.75) is 13.0 Å². The summed E-state index contributed by atoms with van der Waals surface area (Å²) < 4.78 is 13.0. The molecule has 1 heterocycles. The number of anilines is 2. The van der Waals surface area contributed by atoms with Crippen molar-refractivity contribution in [3.63, 3.8) is 0 Å². The standard InChI is InChI=1S/C11H13FN4/c1-7(8-5-14-15-6-8)16-11-4-9(12)2-3-10(11)13/h2-7,16H,13H2,1H3,(H,14,15). The van der Waals surface area contributed by atoms with E-state index in [4.69, 9.17) is 5.73 Å². The van der Waals surface area contributed by atoms with Gasteiger partial charge in [-0.2, -0.15) is 5.10 Å². The Hall–Kier alpha value is -2.04. The van der Waals surface area contributed by atoms with Crippen molar-refractivity contribution >= 4 is 11.4 Å². The van der Waals surface area contributed by atoms with Crippen molar-refractivity contribution < 1.29 is 4.39 Å². The minimum absolute atomic E-state index is 0.0165. The summed E-state index contributed by atoms with van der Waals surface area (Å²) >= 11 is 0. The van der Waals surface area contributed by atoms with Gasteiger partial charge in [-0.25, -0.2) is 4.39 Å². The van der Waals surface area contributed by atoms with Crippen LogP contribution < -0.4 is 11.1 Å². The Labute approximate surface area is 92.7 Å². The van der Waals surface area contributed by atoms with E-state index in [1.54, 1.807) is 18.5 Å². The molecule has 0 saturated heterocycles. The minimum atomic E-state index is -0.309. The second-order valence-electron chi connectivity index (χ2n) is 3.63. The van der Waals surface area contributed by atoms with Gasteiger partial charge in [0.1, 0.15) is 5.82 Å². The molecule has 1 unspecified atom stereocenters. The van der Waals surface area contributed by atoms with Crippen LogP contribution in [-0.2, 0) is 0 Å². The number of hydrogen-bond donors (Lipinski definition) is 3. The molecule has 84 valence electrons. The van der Waals surface area contributed by atoms with E-state index in [1.165, 1.54) is 12.1 Å². The number of nitrogen functional groups attached to an aromatic ring is 1. The van der Waals surface area contributed by atoms with E-state index in [0.29, 0.717) is 11.4 Å². The molecular weight excluding hydrogens is 207 g/mol. The third kappa shape index (κ3) is 2.13. The largest absolute Gasteiger partial charge is 0.397 e. The molecule has 0 fully saturated rings. The zero-order valence-corrected chi connectivity index (χ0v) is 8.87. The van der Waals surface area contributed by atoms with Gasteiger partial charge in [-0.05, 0) is 25.1 Å². The lowest BCUT2D eigenvalue weighted by Gasteiger charge is -2.15. The maximum atomic E-state index is 13.0. The molecule has 0 radical (unpaired) electrons. The first-order chi connectivity index (χ1) is 7.66. The molecule has 4 N–H and O–H groups in total. The van der Waals surface area contributed by atoms with Crippen molar-refractivity contribution in [2.24, 2.45) is 0 Å². The molecule has 0 amide bonds. The average Bonchev–Trinajstić information content (AvgIpc) is 2.76. The Bertz CT molecular complexity index is 467. The lowest BCUT2D eigenvalue weighted by atomic mass is 10.1. The van der Waals surface area contributed by atoms with Gasteiger partial charge in [0.2, 0.25) is 0 Å². The van der Waals surface area contributed by atoms with Crippen LogP contribution >= 0.6 is 0 Å². The second-order valence-corrected chi connectivity index (χ2v) is 3.63. The number of H-pyrrole nitrogens is 1. The van der Waals surface area contributed by atoms with Crippen molar-refractivity contribution in [3.8, 4) is 0 Å². The van der Waals surface area contributed by atoms with Gasteiger partial charge in [-0.1, -0.05) is 0 Å². The highest BCUT2D eigenvalue weighted by Crippen LogP contribution is 2.24. The predicted molar refractivity (Wildman–Crippen MR) is 61.4 cm³/mol. The molecule has 0 bridgehead atoms. The van der Waals surface area contributed by atoms with Crippen molar-refractivity contribution in [3.05, 3.63) is 42.0 Å². The zero-order chi connectivity index (χ0) is 11.5. The molecule has 4 nitrogen and oxygen atoms in total. The number of hydrogen-bond acceptors (Lipinski definition) is 3. The number of rotatable bonds is 3. The first kappa shape index (κ1) is 10.5. The smallest absolute Gasteiger partial charge is 0.125 e. The molecule has 0 aliphatic heterocycles. The summed E-state index contributed by atoms with van der Waals surface area (Å²) in [4.78, 5) is 0. The van der Waals surface area contributed by atoms with Gasteiger partial charge in [0.25, 0.3) is 0 Å². The lowest BCUT2D eigenvalue weighted by Crippen LogP contribution is -2.07. The van der Waals surface area contributed by atoms with Crippen LogP contribution in [0.5, 0.6) is 0 Å². The van der Waals surface area contributed by atoms with Crippen LogP contribution in [0.1, 0.15) is 18.5 Å². The topological polar surface area (TPSA) is 66.7 Å². The maximum Gasteiger partial charge on any atom is 0.125 e. The van der Waals surface area contributed by atoms with Gasteiger partial charge in [0.15, 0.2) is 0 Å². The molecule has 5 heteroatoms. The molecule has 2 rings (SSSR count). The van der Waals surface area contributed by atoms with Crippen molar-refractivity contribution in [2.75, 3.05) is 11.1 Å². The van der Waals surface area contributed by atoms with Gasteiger partial charge >= 0.3 is 0 Å². The summed E-state index contributed by atoms with van der Waals surface area (Å²) in [7, 11) is 0. The number of aromatic nitrogens is 2. The van der Waals surface area contributed by atoms with Crippen LogP contribution in [0.15, 0.2) is 30.6 Å². The van der Waals surface area contributed by atoms with Gasteiger partial charge in [0, 0.05) is 11.8 Å². The Morgan fingerprint density at radius 1 is 1.50 bits per heavy atom. The van der Waals surface area contributed by atoms with E-state index in [9.17, 15) is 4.39 Å². The van der Waals surface area contributed by atoms with E-state index in [2.05, 4.69) is 15.5 Å². The van der Waals surface area contributed by atoms with E-state index < -0.39 is 0 Å². The fourth-order valence-corrected chi connectivity index (χ4v) is 1.47. The normalized spacial score (nSPS) is 12.4. The molecule has 2 aromatic rings. The van der Waals surface area contributed by atoms with E-state index in [-0.39, 0.29) is 11.9 Å². The third-order valence-corrected chi connectivity index (χ3v) is 2.41. The second kappa shape index (κ2) is 4.22. The summed E-state index contributed by atoms with van der Waals surface area (Å²) in [5.41, 5.74) is 7.84. The number of halogens is 1. The SMILES string of the molecule is CC(Nc1cc(F)ccc1N)c1cn[nH]c1. The van der Waals surface area contributed by atoms with Crippen molar-refractivity contribution in [1.82, 2.24) is 10.2 Å². The molecule has 16 heavy (non-hydrogen) atoms. The summed E-state index contributed by atoms with van der Waals surface area (Å²) in [5, 5.41) is 9.71. The molecule has 0 spiro atoms. The Morgan fingerprint density at radius 2 is 2.31 bits per heavy atom. The summed E-state index contributed by atoms with van der Waals surface area (Å²) in [5.74, 6) is -0.309. The Morgan fingerprint density at radius 3 is 3.00 bits per heavy atom. The molecular formula is C11H13FN4. The number of nitrogens with two attached hydrogens (primary N) is 1. The van der Waals surface area contributed by atoms with Crippen LogP contribution in [0.4, 0.5) is 15.8 Å². The highest BCUT2D eigenvalue weighted by Gasteiger charge is 2.08. The van der Waals surface area contributed by atoms with E-state index in [0.717, 1.165) is 5.56 Å². The zero-order valence-electron chi connectivity index (χ0n) is 8.87. The molecule has 0 aliphatic carbocycles. The highest BCUT2D eigenvalue weighted by molar-refractivity contribution is 5.66. The number of aromatic amines is 1. The Balaban J connectivity index is 2.17. The minimum Gasteiger partial charge on any atom is -0.397 e. The highest BCUT2D eigenvalue weighted by atomic mass is 19.1. The van der Waals surface area contributed by atoms with Gasteiger partial charge in [-0.3, -0.25) is 5.10 Å². The molecule has 0 aliphatic rings. The average molecular weight is 220 g/mol. The summed E-state index contributed by atoms with van der Waals surface area (Å²) in [6.45, 7) is 1.95. The van der Waals surface area contributed by atoms with E-state index >= 15 is 0 Å². The molecule has 1 aromatic carbocycles. The first-order valence-corrected chi connectivity index (χ1v) is 4.97. The van der Waals surface area contributed by atoms with Gasteiger partial charge in [-0.15, -0.1) is 0 Å². The van der Waals surface area contributed by atoms with Crippen LogP contribution in [-0.4, -0.2) is 10.2 Å². The Kier molecular flexibility index (Phi) is 2.76. The summed E-state index contributed by atoms with van der Waals surface area (Å²) in [6.07, 6.45) is 3.50. The number of nitrogens with zero attached hydrogens (tertiary/aromatic N) is 1. The molecule has 1 aromatic heterocycles. The van der Waals surface area contributed by atoms with Crippen LogP contribution in [0.3, 0.4) is 0 Å². The number of nitrogens with one attached hydrogen (secondary N) is 2. The van der Waals surface area contributed by atoms with Crippen LogP contribution in [0.25, 0.3) is 0 Å². The van der Waals surface area contributed by atoms with Crippen LogP contribution in [0.2, 0.25) is 0 Å². The lowest BCUT2D eigenvalue weighted by molar-refractivity contribution is 0.628. The predicted octanol–water partition coefficient (Wildman–Crippen LogP) is 2.30. The van der Waals surface area contributed by atoms with Gasteiger partial charge < -0.3 is 11.1 Å². The van der Waals surface area contributed by atoms with Gasteiger partial charge in [0.05, 0.1) is 23.6 Å². The quantitative estimate of drug-likeness (QED) is 0.695. The monoisotopic (exact) mass is 220 g/mol. The third-order valence-electron chi connectivity index (χ3n) is 2.41. The number of benzene rings is 1. The molecule has 0 saturated carbocycles. The fraction of sp³-hybridized carbons (Fsp3) is 0.182. The van der Waals surface area contributed by atoms with Crippen molar-refractivity contribution in [1.29, 1.82) is 0 Å². The fourth-order valence-electron chi connectivity index (χ4n) is 1.47. The maximum absolute atomic E-state index is 13.0. The van der Waals surface area contributed by atoms with E-state index in [1.807, 2.05) is 6.92 Å².